The summed E-state index contributed by atoms with van der Waals surface area (Å²) >= 11 is 5.82. The van der Waals surface area contributed by atoms with Gasteiger partial charge < -0.3 is 5.32 Å². The first kappa shape index (κ1) is 16.5. The molecule has 1 fully saturated rings. The Morgan fingerprint density at radius 1 is 1.36 bits per heavy atom. The number of carbonyl (C=O) groups excluding carboxylic acids is 3. The van der Waals surface area contributed by atoms with E-state index in [1.807, 2.05) is 0 Å². The van der Waals surface area contributed by atoms with Crippen LogP contribution in [0.5, 0.6) is 0 Å². The second kappa shape index (κ2) is 6.89. The van der Waals surface area contributed by atoms with Gasteiger partial charge in [0, 0.05) is 12.1 Å². The summed E-state index contributed by atoms with van der Waals surface area (Å²) in [5.74, 6) is -0.695. The van der Waals surface area contributed by atoms with Crippen LogP contribution >= 0.6 is 11.6 Å². The van der Waals surface area contributed by atoms with Gasteiger partial charge in [-0.3, -0.25) is 24.2 Å². The van der Waals surface area contributed by atoms with E-state index in [1.165, 1.54) is 11.9 Å². The quantitative estimate of drug-likeness (QED) is 0.808. The lowest BCUT2D eigenvalue weighted by atomic mass is 10.2. The monoisotopic (exact) mass is 323 g/mol. The number of halogens is 1. The van der Waals surface area contributed by atoms with Crippen LogP contribution in [0.3, 0.4) is 0 Å². The van der Waals surface area contributed by atoms with Crippen molar-refractivity contribution < 1.29 is 14.4 Å². The molecule has 0 spiro atoms. The Bertz CT molecular complexity index is 588. The molecule has 2 rings (SSSR count). The summed E-state index contributed by atoms with van der Waals surface area (Å²) in [4.78, 5) is 38.7. The molecule has 0 saturated carbocycles. The lowest BCUT2D eigenvalue weighted by Crippen LogP contribution is -2.44. The molecule has 1 heterocycles. The predicted molar refractivity (Wildman–Crippen MR) is 82.1 cm³/mol. The van der Waals surface area contributed by atoms with E-state index in [-0.39, 0.29) is 37.2 Å². The number of likely N-dealkylation sites (tertiary alicyclic amines) is 1. The molecule has 1 aromatic carbocycles. The number of nitrogens with one attached hydrogen (secondary N) is 1. The van der Waals surface area contributed by atoms with Crippen LogP contribution in [0.2, 0.25) is 5.02 Å². The van der Waals surface area contributed by atoms with Crippen molar-refractivity contribution in [2.24, 2.45) is 0 Å². The average molecular weight is 324 g/mol. The van der Waals surface area contributed by atoms with Crippen LogP contribution in [0.15, 0.2) is 24.3 Å². The number of carbonyl (C=O) groups is 3. The summed E-state index contributed by atoms with van der Waals surface area (Å²) in [5, 5.41) is 3.10. The minimum Gasteiger partial charge on any atom is -0.358 e. The molecule has 118 valence electrons. The molecular formula is C15H18ClN3O3. The SMILES string of the molecule is CNC(=O)CN(C)C1CC(=O)N(Cc2ccc(Cl)cc2)C1=O. The van der Waals surface area contributed by atoms with Gasteiger partial charge in [-0.2, -0.15) is 0 Å². The van der Waals surface area contributed by atoms with Crippen molar-refractivity contribution in [3.8, 4) is 0 Å². The fourth-order valence-corrected chi connectivity index (χ4v) is 2.49. The molecular weight excluding hydrogens is 306 g/mol. The normalized spacial score (nSPS) is 18.2. The van der Waals surface area contributed by atoms with Gasteiger partial charge in [0.2, 0.25) is 17.7 Å². The van der Waals surface area contributed by atoms with Crippen molar-refractivity contribution in [3.05, 3.63) is 34.9 Å². The molecule has 1 N–H and O–H groups in total. The summed E-state index contributed by atoms with van der Waals surface area (Å²) in [7, 11) is 3.20. The number of imide groups is 1. The molecule has 1 atom stereocenters. The number of hydrogen-bond acceptors (Lipinski definition) is 4. The van der Waals surface area contributed by atoms with Crippen LogP contribution in [0.1, 0.15) is 12.0 Å². The maximum atomic E-state index is 12.4. The minimum atomic E-state index is -0.586. The third-order valence-electron chi connectivity index (χ3n) is 3.68. The molecule has 7 heteroatoms. The van der Waals surface area contributed by atoms with E-state index in [2.05, 4.69) is 5.32 Å². The van der Waals surface area contributed by atoms with Gasteiger partial charge in [0.25, 0.3) is 0 Å². The lowest BCUT2D eigenvalue weighted by Gasteiger charge is -2.22. The Kier molecular flexibility index (Phi) is 5.15. The van der Waals surface area contributed by atoms with Crippen molar-refractivity contribution in [1.29, 1.82) is 0 Å². The molecule has 0 bridgehead atoms. The molecule has 1 unspecified atom stereocenters. The van der Waals surface area contributed by atoms with Gasteiger partial charge in [-0.1, -0.05) is 23.7 Å². The number of likely N-dealkylation sites (N-methyl/N-ethyl adjacent to an activating group) is 2. The number of rotatable bonds is 5. The number of benzene rings is 1. The molecule has 0 aliphatic carbocycles. The smallest absolute Gasteiger partial charge is 0.247 e. The maximum absolute atomic E-state index is 12.4. The van der Waals surface area contributed by atoms with E-state index in [9.17, 15) is 14.4 Å². The van der Waals surface area contributed by atoms with Crippen LogP contribution in [0.25, 0.3) is 0 Å². The van der Waals surface area contributed by atoms with Crippen molar-refractivity contribution in [1.82, 2.24) is 15.1 Å². The Hall–Kier alpha value is -1.92. The Morgan fingerprint density at radius 2 is 2.00 bits per heavy atom. The zero-order valence-corrected chi connectivity index (χ0v) is 13.3. The maximum Gasteiger partial charge on any atom is 0.247 e. The van der Waals surface area contributed by atoms with E-state index in [0.717, 1.165) is 5.56 Å². The highest BCUT2D eigenvalue weighted by Gasteiger charge is 2.40. The summed E-state index contributed by atoms with van der Waals surface area (Å²) in [6.45, 7) is 0.300. The predicted octanol–water partition coefficient (Wildman–Crippen LogP) is 0.645. The zero-order valence-electron chi connectivity index (χ0n) is 12.5. The van der Waals surface area contributed by atoms with Crippen LogP contribution < -0.4 is 5.32 Å². The molecule has 1 aromatic rings. The first-order valence-electron chi connectivity index (χ1n) is 6.92. The van der Waals surface area contributed by atoms with Gasteiger partial charge in [-0.15, -0.1) is 0 Å². The van der Waals surface area contributed by atoms with Crippen LogP contribution in [-0.4, -0.2) is 54.2 Å². The van der Waals surface area contributed by atoms with E-state index in [4.69, 9.17) is 11.6 Å². The molecule has 1 saturated heterocycles. The first-order chi connectivity index (χ1) is 10.4. The molecule has 0 aromatic heterocycles. The second-order valence-electron chi connectivity index (χ2n) is 5.25. The first-order valence-corrected chi connectivity index (χ1v) is 7.29. The van der Waals surface area contributed by atoms with Gasteiger partial charge in [0.15, 0.2) is 0 Å². The fourth-order valence-electron chi connectivity index (χ4n) is 2.36. The Morgan fingerprint density at radius 3 is 2.59 bits per heavy atom. The van der Waals surface area contributed by atoms with Gasteiger partial charge >= 0.3 is 0 Å². The highest BCUT2D eigenvalue weighted by Crippen LogP contribution is 2.21. The average Bonchev–Trinajstić information content (AvgIpc) is 2.77. The molecule has 0 radical (unpaired) electrons. The lowest BCUT2D eigenvalue weighted by molar-refractivity contribution is -0.140. The molecule has 22 heavy (non-hydrogen) atoms. The van der Waals surface area contributed by atoms with Gasteiger partial charge in [-0.05, 0) is 24.7 Å². The van der Waals surface area contributed by atoms with Crippen LogP contribution in [0.4, 0.5) is 0 Å². The van der Waals surface area contributed by atoms with Crippen LogP contribution in [0, 0.1) is 0 Å². The molecule has 3 amide bonds. The van der Waals surface area contributed by atoms with Gasteiger partial charge in [0.05, 0.1) is 25.6 Å². The van der Waals surface area contributed by atoms with Crippen molar-refractivity contribution in [3.63, 3.8) is 0 Å². The third kappa shape index (κ3) is 3.64. The van der Waals surface area contributed by atoms with Gasteiger partial charge in [0.1, 0.15) is 0 Å². The van der Waals surface area contributed by atoms with E-state index >= 15 is 0 Å². The fraction of sp³-hybridized carbons (Fsp3) is 0.400. The number of amides is 3. The highest BCUT2D eigenvalue weighted by atomic mass is 35.5. The largest absolute Gasteiger partial charge is 0.358 e. The zero-order chi connectivity index (χ0) is 16.3. The molecule has 1 aliphatic rings. The van der Waals surface area contributed by atoms with Crippen molar-refractivity contribution in [2.45, 2.75) is 19.0 Å². The Balaban J connectivity index is 2.05. The number of hydrogen-bond donors (Lipinski definition) is 1. The summed E-state index contributed by atoms with van der Waals surface area (Å²) in [5.41, 5.74) is 0.834. The van der Waals surface area contributed by atoms with Gasteiger partial charge in [-0.25, -0.2) is 0 Å². The third-order valence-corrected chi connectivity index (χ3v) is 3.93. The van der Waals surface area contributed by atoms with E-state index in [0.29, 0.717) is 5.02 Å². The van der Waals surface area contributed by atoms with E-state index < -0.39 is 6.04 Å². The highest BCUT2D eigenvalue weighted by molar-refractivity contribution is 6.30. The molecule has 1 aliphatic heterocycles. The Labute approximate surface area is 134 Å². The summed E-state index contributed by atoms with van der Waals surface area (Å²) in [6.07, 6.45) is 0.0971. The van der Waals surface area contributed by atoms with E-state index in [1.54, 1.807) is 36.2 Å². The topological polar surface area (TPSA) is 69.7 Å². The molecule has 6 nitrogen and oxygen atoms in total. The van der Waals surface area contributed by atoms with Crippen molar-refractivity contribution in [2.75, 3.05) is 20.6 Å². The summed E-state index contributed by atoms with van der Waals surface area (Å²) < 4.78 is 0. The second-order valence-corrected chi connectivity index (χ2v) is 5.69. The summed E-state index contributed by atoms with van der Waals surface area (Å²) in [6, 6.07) is 6.42. The minimum absolute atomic E-state index is 0.0783. The standard InChI is InChI=1S/C15H18ClN3O3/c1-17-13(20)9-18(2)12-7-14(21)19(15(12)22)8-10-3-5-11(16)6-4-10/h3-6,12H,7-9H2,1-2H3,(H,17,20). The number of nitrogens with zero attached hydrogens (tertiary/aromatic N) is 2. The van der Waals surface area contributed by atoms with Crippen LogP contribution in [-0.2, 0) is 20.9 Å². The van der Waals surface area contributed by atoms with Crippen molar-refractivity contribution >= 4 is 29.3 Å².